The van der Waals surface area contributed by atoms with Crippen molar-refractivity contribution in [1.82, 2.24) is 4.57 Å². The van der Waals surface area contributed by atoms with Gasteiger partial charge in [-0.15, -0.1) is 0 Å². The van der Waals surface area contributed by atoms with Crippen LogP contribution in [-0.4, -0.2) is 22.7 Å². The number of para-hydroxylation sites is 1. The molecule has 43 heavy (non-hydrogen) atoms. The lowest BCUT2D eigenvalue weighted by Crippen LogP contribution is -2.39. The minimum atomic E-state index is -0.428. The second-order valence-corrected chi connectivity index (χ2v) is 11.3. The molecule has 0 N–H and O–H groups in total. The van der Waals surface area contributed by atoms with Gasteiger partial charge in [-0.2, -0.15) is 0 Å². The molecule has 2 aliphatic rings. The normalized spacial score (nSPS) is 17.3. The lowest BCUT2D eigenvalue weighted by molar-refractivity contribution is -0.385. The highest BCUT2D eigenvalue weighted by Crippen LogP contribution is 2.41. The summed E-state index contributed by atoms with van der Waals surface area (Å²) in [7, 11) is 0. The van der Waals surface area contributed by atoms with E-state index < -0.39 is 4.92 Å². The number of fused-ring (bicyclic) bond motifs is 1. The fourth-order valence-electron chi connectivity index (χ4n) is 5.71. The number of allylic oxidation sites excluding steroid dienone is 2. The third kappa shape index (κ3) is 5.68. The molecule has 0 bridgehead atoms. The van der Waals surface area contributed by atoms with E-state index >= 15 is 0 Å². The summed E-state index contributed by atoms with van der Waals surface area (Å²) in [5.74, 6) is 1.60. The fraction of sp³-hybridized carbons (Fsp3) is 0.235. The molecule has 0 spiro atoms. The third-order valence-electron chi connectivity index (χ3n) is 7.59. The molecule has 1 aliphatic heterocycles. The first-order valence-electron chi connectivity index (χ1n) is 14.4. The van der Waals surface area contributed by atoms with E-state index in [2.05, 4.69) is 6.08 Å². The molecule has 1 aliphatic carbocycles. The molecule has 3 aromatic carbocycles. The van der Waals surface area contributed by atoms with Crippen LogP contribution in [0.3, 0.4) is 0 Å². The van der Waals surface area contributed by atoms with Crippen molar-refractivity contribution in [1.29, 1.82) is 0 Å². The zero-order valence-electron chi connectivity index (χ0n) is 24.0. The van der Waals surface area contributed by atoms with E-state index in [1.165, 1.54) is 17.4 Å². The van der Waals surface area contributed by atoms with E-state index in [0.29, 0.717) is 28.1 Å². The number of ether oxygens (including phenoxy) is 2. The first kappa shape index (κ1) is 28.4. The maximum absolute atomic E-state index is 14.0. The number of aromatic nitrogens is 1. The summed E-state index contributed by atoms with van der Waals surface area (Å²) in [4.78, 5) is 30.9. The molecular weight excluding hydrogens is 562 g/mol. The van der Waals surface area contributed by atoms with E-state index in [-0.39, 0.29) is 17.3 Å². The largest absolute Gasteiger partial charge is 0.494 e. The summed E-state index contributed by atoms with van der Waals surface area (Å²) in [5.41, 5.74) is 5.28. The van der Waals surface area contributed by atoms with Crippen LogP contribution in [0.5, 0.6) is 11.5 Å². The molecule has 0 radical (unpaired) electrons. The molecule has 0 unspecified atom stereocenters. The van der Waals surface area contributed by atoms with E-state index in [9.17, 15) is 14.9 Å². The number of nitrogens with zero attached hydrogens (tertiary/aromatic N) is 3. The number of hydrogen-bond donors (Lipinski definition) is 0. The molecule has 9 heteroatoms. The van der Waals surface area contributed by atoms with Crippen molar-refractivity contribution in [2.75, 3.05) is 13.2 Å². The van der Waals surface area contributed by atoms with Gasteiger partial charge in [-0.1, -0.05) is 47.7 Å². The predicted octanol–water partition coefficient (Wildman–Crippen LogP) is 6.19. The van der Waals surface area contributed by atoms with Crippen LogP contribution in [0.2, 0.25) is 0 Å². The Morgan fingerprint density at radius 2 is 1.63 bits per heavy atom. The summed E-state index contributed by atoms with van der Waals surface area (Å²) in [5, 5.41) is 11.7. The smallest absolute Gasteiger partial charge is 0.276 e. The number of thiazole rings is 1. The topological polar surface area (TPSA) is 96.0 Å². The summed E-state index contributed by atoms with van der Waals surface area (Å²) >= 11 is 1.26. The van der Waals surface area contributed by atoms with Crippen LogP contribution in [0.4, 0.5) is 5.69 Å². The monoisotopic (exact) mass is 593 g/mol. The molecule has 0 saturated heterocycles. The van der Waals surface area contributed by atoms with Crippen LogP contribution in [0.1, 0.15) is 55.8 Å². The Labute approximate surface area is 252 Å². The average Bonchev–Trinajstić information content (AvgIpc) is 3.32. The Morgan fingerprint density at radius 3 is 2.30 bits per heavy atom. The van der Waals surface area contributed by atoms with Gasteiger partial charge in [0, 0.05) is 6.07 Å². The van der Waals surface area contributed by atoms with Gasteiger partial charge in [-0.3, -0.25) is 19.5 Å². The van der Waals surface area contributed by atoms with Crippen molar-refractivity contribution in [3.63, 3.8) is 0 Å². The zero-order chi connectivity index (χ0) is 29.9. The number of rotatable bonds is 8. The molecule has 6 rings (SSSR count). The van der Waals surface area contributed by atoms with Gasteiger partial charge in [0.05, 0.1) is 40.0 Å². The molecule has 1 atom stereocenters. The van der Waals surface area contributed by atoms with Gasteiger partial charge in [-0.25, -0.2) is 4.99 Å². The van der Waals surface area contributed by atoms with Crippen LogP contribution in [-0.2, 0) is 0 Å². The van der Waals surface area contributed by atoms with Gasteiger partial charge in [0.2, 0.25) is 0 Å². The predicted molar refractivity (Wildman–Crippen MR) is 168 cm³/mol. The molecule has 2 heterocycles. The highest BCUT2D eigenvalue weighted by atomic mass is 32.1. The molecule has 0 saturated carbocycles. The van der Waals surface area contributed by atoms with E-state index in [0.717, 1.165) is 58.7 Å². The molecule has 0 amide bonds. The maximum atomic E-state index is 14.0. The van der Waals surface area contributed by atoms with E-state index in [1.54, 1.807) is 28.8 Å². The third-order valence-corrected chi connectivity index (χ3v) is 8.58. The Morgan fingerprint density at radius 1 is 0.953 bits per heavy atom. The van der Waals surface area contributed by atoms with Crippen LogP contribution in [0, 0.1) is 10.1 Å². The van der Waals surface area contributed by atoms with Crippen LogP contribution in [0.15, 0.2) is 99.4 Å². The number of nitro benzene ring substituents is 1. The summed E-state index contributed by atoms with van der Waals surface area (Å²) in [6.45, 7) is 5.09. The van der Waals surface area contributed by atoms with E-state index in [4.69, 9.17) is 14.5 Å². The van der Waals surface area contributed by atoms with Crippen molar-refractivity contribution >= 4 is 29.2 Å². The summed E-state index contributed by atoms with van der Waals surface area (Å²) < 4.78 is 13.4. The van der Waals surface area contributed by atoms with Crippen LogP contribution < -0.4 is 24.4 Å². The van der Waals surface area contributed by atoms with E-state index in [1.807, 2.05) is 62.4 Å². The van der Waals surface area contributed by atoms with Crippen molar-refractivity contribution in [3.05, 3.63) is 136 Å². The highest BCUT2D eigenvalue weighted by molar-refractivity contribution is 7.07. The lowest BCUT2D eigenvalue weighted by Gasteiger charge is -2.31. The number of hydrogen-bond acceptors (Lipinski definition) is 7. The van der Waals surface area contributed by atoms with Gasteiger partial charge < -0.3 is 9.47 Å². The van der Waals surface area contributed by atoms with Crippen LogP contribution >= 0.6 is 11.3 Å². The van der Waals surface area contributed by atoms with Crippen molar-refractivity contribution in [2.45, 2.75) is 39.2 Å². The summed E-state index contributed by atoms with van der Waals surface area (Å²) in [6, 6.07) is 22.0. The zero-order valence-corrected chi connectivity index (χ0v) is 24.8. The van der Waals surface area contributed by atoms with Gasteiger partial charge in [0.15, 0.2) is 4.80 Å². The van der Waals surface area contributed by atoms with Crippen molar-refractivity contribution in [2.24, 2.45) is 4.99 Å². The highest BCUT2D eigenvalue weighted by Gasteiger charge is 2.32. The fourth-order valence-corrected chi connectivity index (χ4v) is 6.71. The van der Waals surface area contributed by atoms with Gasteiger partial charge in [0.25, 0.3) is 11.2 Å². The second kappa shape index (κ2) is 12.2. The second-order valence-electron chi connectivity index (χ2n) is 10.3. The number of benzene rings is 3. The Balaban J connectivity index is 1.53. The van der Waals surface area contributed by atoms with Gasteiger partial charge in [0.1, 0.15) is 11.5 Å². The maximum Gasteiger partial charge on any atom is 0.276 e. The van der Waals surface area contributed by atoms with Crippen molar-refractivity contribution < 1.29 is 14.4 Å². The molecule has 8 nitrogen and oxygen atoms in total. The minimum absolute atomic E-state index is 0.0451. The molecule has 0 fully saturated rings. The lowest BCUT2D eigenvalue weighted by atomic mass is 9.84. The SMILES string of the molecule is CCOc1ccc(/C=C2\CCCC3=C2N=c2s/c(=C/c4ccccc4[N+](=O)[O-])c(=O)n2[C@H]3c2ccc(OCC)cc2)cc1. The quantitative estimate of drug-likeness (QED) is 0.179. The minimum Gasteiger partial charge on any atom is -0.494 e. The molecule has 1 aromatic heterocycles. The van der Waals surface area contributed by atoms with Gasteiger partial charge in [-0.05, 0) is 97.9 Å². The Bertz CT molecular complexity index is 1920. The first-order chi connectivity index (χ1) is 21.0. The standard InChI is InChI=1S/C34H31N3O5S/c1-3-41-26-16-12-22(13-17-26)20-25-9-7-10-28-31(25)35-34-36(32(28)23-14-18-27(19-15-23)42-4-2)33(38)30(43-34)21-24-8-5-6-11-29(24)37(39)40/h5-6,8,11-21,32H,3-4,7,9-10H2,1-2H3/b25-20+,30-21+/t32-/m0/s1. The number of nitro groups is 1. The van der Waals surface area contributed by atoms with Gasteiger partial charge >= 0.3 is 0 Å². The van der Waals surface area contributed by atoms with Crippen LogP contribution in [0.25, 0.3) is 12.2 Å². The molecule has 218 valence electrons. The Kier molecular flexibility index (Phi) is 8.07. The Hall–Kier alpha value is -4.76. The van der Waals surface area contributed by atoms with Crippen molar-refractivity contribution in [3.8, 4) is 11.5 Å². The molecular formula is C34H31N3O5S. The first-order valence-corrected chi connectivity index (χ1v) is 15.2. The molecule has 4 aromatic rings. The summed E-state index contributed by atoms with van der Waals surface area (Å²) in [6.07, 6.45) is 6.40. The average molecular weight is 594 g/mol.